The van der Waals surface area contributed by atoms with Gasteiger partial charge in [-0.25, -0.2) is 0 Å². The van der Waals surface area contributed by atoms with E-state index in [-0.39, 0.29) is 18.1 Å². The Bertz CT molecular complexity index is 643. The van der Waals surface area contributed by atoms with Gasteiger partial charge >= 0.3 is 6.61 Å². The van der Waals surface area contributed by atoms with Gasteiger partial charge in [0.1, 0.15) is 5.75 Å². The van der Waals surface area contributed by atoms with E-state index in [2.05, 4.69) is 10.1 Å². The molecule has 0 aromatic heterocycles. The molecule has 1 N–H and O–H groups in total. The first-order chi connectivity index (χ1) is 10.5. The standard InChI is InChI=1S/C15H11Cl2F2NO2/c16-12-2-1-3-13(17)11(12)8-14(21)20-9-4-6-10(7-5-9)22-15(18)19/h1-7,15H,8H2,(H,20,21). The Kier molecular flexibility index (Phi) is 5.57. The molecule has 0 saturated heterocycles. The molecule has 22 heavy (non-hydrogen) atoms. The zero-order chi connectivity index (χ0) is 16.1. The van der Waals surface area contributed by atoms with E-state index in [0.717, 1.165) is 0 Å². The predicted molar refractivity (Wildman–Crippen MR) is 81.9 cm³/mol. The van der Waals surface area contributed by atoms with Crippen LogP contribution in [0.15, 0.2) is 42.5 Å². The first kappa shape index (κ1) is 16.5. The Morgan fingerprint density at radius 3 is 2.23 bits per heavy atom. The summed E-state index contributed by atoms with van der Waals surface area (Å²) in [6, 6.07) is 10.6. The summed E-state index contributed by atoms with van der Waals surface area (Å²) in [5, 5.41) is 3.44. The second-order valence-corrected chi connectivity index (χ2v) is 5.14. The lowest BCUT2D eigenvalue weighted by Gasteiger charge is -2.09. The number of alkyl halides is 2. The number of halogens is 4. The number of hydrogen-bond donors (Lipinski definition) is 1. The van der Waals surface area contributed by atoms with E-state index < -0.39 is 6.61 Å². The number of ether oxygens (including phenoxy) is 1. The molecule has 0 heterocycles. The number of amides is 1. The second-order valence-electron chi connectivity index (χ2n) is 4.33. The minimum atomic E-state index is -2.89. The molecule has 2 aromatic rings. The van der Waals surface area contributed by atoms with Crippen LogP contribution in [0.4, 0.5) is 14.5 Å². The fraction of sp³-hybridized carbons (Fsp3) is 0.133. The Balaban J connectivity index is 2.00. The van der Waals surface area contributed by atoms with Gasteiger partial charge in [-0.2, -0.15) is 8.78 Å². The van der Waals surface area contributed by atoms with Crippen molar-refractivity contribution >= 4 is 34.8 Å². The van der Waals surface area contributed by atoms with Crippen LogP contribution < -0.4 is 10.1 Å². The lowest BCUT2D eigenvalue weighted by atomic mass is 10.1. The summed E-state index contributed by atoms with van der Waals surface area (Å²) >= 11 is 12.0. The van der Waals surface area contributed by atoms with Crippen LogP contribution in [0.1, 0.15) is 5.56 Å². The number of nitrogens with one attached hydrogen (secondary N) is 1. The highest BCUT2D eigenvalue weighted by atomic mass is 35.5. The van der Waals surface area contributed by atoms with Crippen LogP contribution in [-0.4, -0.2) is 12.5 Å². The van der Waals surface area contributed by atoms with Crippen molar-refractivity contribution in [3.05, 3.63) is 58.1 Å². The van der Waals surface area contributed by atoms with Crippen molar-refractivity contribution in [1.29, 1.82) is 0 Å². The molecule has 0 aliphatic rings. The van der Waals surface area contributed by atoms with Crippen molar-refractivity contribution in [1.82, 2.24) is 0 Å². The average Bonchev–Trinajstić information content (AvgIpc) is 2.45. The molecule has 2 aromatic carbocycles. The summed E-state index contributed by atoms with van der Waals surface area (Å²) in [6.07, 6.45) is 0.00773. The molecular formula is C15H11Cl2F2NO2. The number of hydrogen-bond acceptors (Lipinski definition) is 2. The average molecular weight is 346 g/mol. The number of carbonyl (C=O) groups excluding carboxylic acids is 1. The van der Waals surface area contributed by atoms with Crippen LogP contribution in [0.3, 0.4) is 0 Å². The van der Waals surface area contributed by atoms with Crippen molar-refractivity contribution in [2.75, 3.05) is 5.32 Å². The molecule has 0 saturated carbocycles. The van der Waals surface area contributed by atoms with Crippen molar-refractivity contribution in [3.8, 4) is 5.75 Å². The van der Waals surface area contributed by atoms with Gasteiger partial charge < -0.3 is 10.1 Å². The fourth-order valence-electron chi connectivity index (χ4n) is 1.79. The molecule has 3 nitrogen and oxygen atoms in total. The van der Waals surface area contributed by atoms with Crippen LogP contribution in [0, 0.1) is 0 Å². The van der Waals surface area contributed by atoms with Gasteiger partial charge in [-0.3, -0.25) is 4.79 Å². The maximum atomic E-state index is 12.0. The molecule has 0 aliphatic carbocycles. The van der Waals surface area contributed by atoms with E-state index >= 15 is 0 Å². The minimum Gasteiger partial charge on any atom is -0.435 e. The zero-order valence-electron chi connectivity index (χ0n) is 11.2. The van der Waals surface area contributed by atoms with E-state index in [1.807, 2.05) is 0 Å². The second kappa shape index (κ2) is 7.42. The molecule has 7 heteroatoms. The minimum absolute atomic E-state index is 0.00773. The van der Waals surface area contributed by atoms with Crippen LogP contribution in [0.25, 0.3) is 0 Å². The Morgan fingerprint density at radius 2 is 1.68 bits per heavy atom. The highest BCUT2D eigenvalue weighted by Crippen LogP contribution is 2.25. The van der Waals surface area contributed by atoms with Gasteiger partial charge in [0.05, 0.1) is 6.42 Å². The first-order valence-corrected chi connectivity index (χ1v) is 6.99. The smallest absolute Gasteiger partial charge is 0.387 e. The Labute approximate surface area is 135 Å². The largest absolute Gasteiger partial charge is 0.435 e. The molecule has 0 aliphatic heterocycles. The van der Waals surface area contributed by atoms with Crippen LogP contribution >= 0.6 is 23.2 Å². The summed E-state index contributed by atoms with van der Waals surface area (Å²) in [6.45, 7) is -2.89. The third kappa shape index (κ3) is 4.58. The van der Waals surface area contributed by atoms with E-state index in [9.17, 15) is 13.6 Å². The van der Waals surface area contributed by atoms with E-state index in [1.54, 1.807) is 18.2 Å². The van der Waals surface area contributed by atoms with Gasteiger partial charge in [0.15, 0.2) is 0 Å². The van der Waals surface area contributed by atoms with E-state index in [4.69, 9.17) is 23.2 Å². The van der Waals surface area contributed by atoms with Crippen molar-refractivity contribution in [3.63, 3.8) is 0 Å². The van der Waals surface area contributed by atoms with Crippen molar-refractivity contribution < 1.29 is 18.3 Å². The highest BCUT2D eigenvalue weighted by molar-refractivity contribution is 6.36. The molecule has 0 unspecified atom stereocenters. The maximum Gasteiger partial charge on any atom is 0.387 e. The Hall–Kier alpha value is -1.85. The van der Waals surface area contributed by atoms with E-state index in [1.165, 1.54) is 24.3 Å². The summed E-state index contributed by atoms with van der Waals surface area (Å²) in [5.74, 6) is -0.306. The van der Waals surface area contributed by atoms with Gasteiger partial charge in [0.25, 0.3) is 0 Å². The summed E-state index contributed by atoms with van der Waals surface area (Å²) < 4.78 is 28.3. The number of rotatable bonds is 5. The number of benzene rings is 2. The molecule has 0 spiro atoms. The topological polar surface area (TPSA) is 38.3 Å². The third-order valence-electron chi connectivity index (χ3n) is 2.76. The molecule has 116 valence electrons. The lowest BCUT2D eigenvalue weighted by Crippen LogP contribution is -2.15. The highest BCUT2D eigenvalue weighted by Gasteiger charge is 2.11. The first-order valence-electron chi connectivity index (χ1n) is 6.23. The van der Waals surface area contributed by atoms with Crippen molar-refractivity contribution in [2.24, 2.45) is 0 Å². The van der Waals surface area contributed by atoms with E-state index in [0.29, 0.717) is 21.3 Å². The zero-order valence-corrected chi connectivity index (χ0v) is 12.7. The van der Waals surface area contributed by atoms with Crippen molar-refractivity contribution in [2.45, 2.75) is 13.0 Å². The van der Waals surface area contributed by atoms with Crippen LogP contribution in [-0.2, 0) is 11.2 Å². The molecule has 2 rings (SSSR count). The summed E-state index contributed by atoms with van der Waals surface area (Å²) in [5.41, 5.74) is 0.982. The van der Waals surface area contributed by atoms with Gasteiger partial charge in [-0.1, -0.05) is 29.3 Å². The van der Waals surface area contributed by atoms with Crippen LogP contribution in [0.5, 0.6) is 5.75 Å². The molecule has 0 fully saturated rings. The fourth-order valence-corrected chi connectivity index (χ4v) is 2.32. The normalized spacial score (nSPS) is 10.6. The molecule has 1 amide bonds. The maximum absolute atomic E-state index is 12.0. The van der Waals surface area contributed by atoms with Gasteiger partial charge in [0.2, 0.25) is 5.91 Å². The van der Waals surface area contributed by atoms with Gasteiger partial charge in [-0.15, -0.1) is 0 Å². The Morgan fingerprint density at radius 1 is 1.09 bits per heavy atom. The summed E-state index contributed by atoms with van der Waals surface area (Å²) in [7, 11) is 0. The third-order valence-corrected chi connectivity index (χ3v) is 3.47. The molecular weight excluding hydrogens is 335 g/mol. The van der Waals surface area contributed by atoms with Gasteiger partial charge in [-0.05, 0) is 42.0 Å². The number of anilines is 1. The monoisotopic (exact) mass is 345 g/mol. The predicted octanol–water partition coefficient (Wildman–Crippen LogP) is 4.78. The molecule has 0 bridgehead atoms. The summed E-state index contributed by atoms with van der Waals surface area (Å²) in [4.78, 5) is 12.0. The SMILES string of the molecule is O=C(Cc1c(Cl)cccc1Cl)Nc1ccc(OC(F)F)cc1. The number of carbonyl (C=O) groups is 1. The van der Waals surface area contributed by atoms with Gasteiger partial charge in [0, 0.05) is 15.7 Å². The molecule has 0 atom stereocenters. The quantitative estimate of drug-likeness (QED) is 0.847. The molecule has 0 radical (unpaired) electrons. The lowest BCUT2D eigenvalue weighted by molar-refractivity contribution is -0.115. The van der Waals surface area contributed by atoms with Crippen LogP contribution in [0.2, 0.25) is 10.0 Å².